The molecule has 2 aromatic rings. The van der Waals surface area contributed by atoms with Gasteiger partial charge in [-0.3, -0.25) is 30.1 Å². The molecule has 8 nitrogen and oxygen atoms in total. The molecule has 130 valence electrons. The number of carbonyl (C=O) groups excluding carboxylic acids is 2. The second-order valence-electron chi connectivity index (χ2n) is 6.27. The van der Waals surface area contributed by atoms with Crippen molar-refractivity contribution in [2.45, 2.75) is 26.3 Å². The lowest BCUT2D eigenvalue weighted by Crippen LogP contribution is -2.56. The molecular weight excluding hydrogens is 324 g/mol. The van der Waals surface area contributed by atoms with Crippen molar-refractivity contribution in [3.8, 4) is 0 Å². The van der Waals surface area contributed by atoms with Crippen molar-refractivity contribution in [1.82, 2.24) is 15.4 Å². The number of hydrogen-bond acceptors (Lipinski definition) is 5. The van der Waals surface area contributed by atoms with Crippen LogP contribution in [0.4, 0.5) is 5.69 Å². The lowest BCUT2D eigenvalue weighted by atomic mass is 10.1. The molecule has 2 rings (SSSR count). The second-order valence-corrected chi connectivity index (χ2v) is 6.27. The van der Waals surface area contributed by atoms with Gasteiger partial charge in [0.15, 0.2) is 0 Å². The molecule has 0 radical (unpaired) electrons. The number of nitrogens with one attached hydrogen (secondary N) is 1. The van der Waals surface area contributed by atoms with Crippen molar-refractivity contribution in [1.29, 1.82) is 0 Å². The van der Waals surface area contributed by atoms with Crippen LogP contribution in [0.2, 0.25) is 0 Å². The molecular formula is C17H18N4O4. The predicted octanol–water partition coefficient (Wildman–Crippen LogP) is 2.58. The number of pyridine rings is 1. The summed E-state index contributed by atoms with van der Waals surface area (Å²) in [5, 5.41) is 12.0. The molecule has 2 amide bonds. The van der Waals surface area contributed by atoms with Crippen molar-refractivity contribution in [3.05, 3.63) is 70.0 Å². The first kappa shape index (κ1) is 18.1. The number of hydrogen-bond donors (Lipinski definition) is 1. The molecule has 0 bridgehead atoms. The number of hydrazine groups is 1. The summed E-state index contributed by atoms with van der Waals surface area (Å²) in [6.07, 6.45) is 1.19. The van der Waals surface area contributed by atoms with E-state index in [9.17, 15) is 19.7 Å². The van der Waals surface area contributed by atoms with Crippen molar-refractivity contribution < 1.29 is 14.5 Å². The van der Waals surface area contributed by atoms with Gasteiger partial charge in [0.05, 0.1) is 10.5 Å². The third kappa shape index (κ3) is 4.37. The maximum absolute atomic E-state index is 12.8. The minimum absolute atomic E-state index is 0.127. The summed E-state index contributed by atoms with van der Waals surface area (Å²) >= 11 is 0. The highest BCUT2D eigenvalue weighted by Crippen LogP contribution is 2.17. The van der Waals surface area contributed by atoms with E-state index in [1.165, 1.54) is 12.3 Å². The molecule has 25 heavy (non-hydrogen) atoms. The lowest BCUT2D eigenvalue weighted by Gasteiger charge is -2.35. The summed E-state index contributed by atoms with van der Waals surface area (Å²) in [5.74, 6) is -1.10. The fourth-order valence-corrected chi connectivity index (χ4v) is 2.04. The number of carbonyl (C=O) groups is 2. The van der Waals surface area contributed by atoms with E-state index >= 15 is 0 Å². The van der Waals surface area contributed by atoms with Crippen LogP contribution in [0.3, 0.4) is 0 Å². The van der Waals surface area contributed by atoms with Gasteiger partial charge in [-0.1, -0.05) is 18.2 Å². The first-order valence-corrected chi connectivity index (χ1v) is 7.51. The molecule has 1 aromatic heterocycles. The summed E-state index contributed by atoms with van der Waals surface area (Å²) in [4.78, 5) is 39.3. The van der Waals surface area contributed by atoms with Gasteiger partial charge in [-0.05, 0) is 32.9 Å². The Morgan fingerprint density at radius 1 is 1.16 bits per heavy atom. The SMILES string of the molecule is CC(C)(C)N(NC(=O)c1ccccc1)C(=O)c1cc([N+](=O)[O-])ccn1. The van der Waals surface area contributed by atoms with Gasteiger partial charge in [0.1, 0.15) is 5.69 Å². The average molecular weight is 342 g/mol. The highest BCUT2D eigenvalue weighted by molar-refractivity contribution is 5.98. The van der Waals surface area contributed by atoms with E-state index in [4.69, 9.17) is 0 Å². The standard InChI is InChI=1S/C17H18N4O4/c1-17(2,3)20(19-15(22)12-7-5-4-6-8-12)16(23)14-11-13(21(24)25)9-10-18-14/h4-11H,1-3H3,(H,19,22). The van der Waals surface area contributed by atoms with E-state index in [-0.39, 0.29) is 11.4 Å². The second kappa shape index (κ2) is 7.08. The van der Waals surface area contributed by atoms with Crippen LogP contribution in [-0.4, -0.2) is 32.3 Å². The van der Waals surface area contributed by atoms with Gasteiger partial charge in [0.2, 0.25) is 0 Å². The molecule has 0 aliphatic heterocycles. The number of nitrogens with zero attached hydrogens (tertiary/aromatic N) is 3. The summed E-state index contributed by atoms with van der Waals surface area (Å²) in [6.45, 7) is 5.19. The van der Waals surface area contributed by atoms with E-state index in [1.807, 2.05) is 0 Å². The zero-order chi connectivity index (χ0) is 18.6. The molecule has 0 atom stereocenters. The zero-order valence-electron chi connectivity index (χ0n) is 14.1. The maximum atomic E-state index is 12.8. The van der Waals surface area contributed by atoms with E-state index in [0.29, 0.717) is 5.56 Å². The van der Waals surface area contributed by atoms with Gasteiger partial charge in [-0.15, -0.1) is 0 Å². The molecule has 0 unspecified atom stereocenters. The van der Waals surface area contributed by atoms with Crippen molar-refractivity contribution in [2.24, 2.45) is 0 Å². The van der Waals surface area contributed by atoms with Crippen LogP contribution in [0.25, 0.3) is 0 Å². The first-order valence-electron chi connectivity index (χ1n) is 7.51. The number of amides is 2. The van der Waals surface area contributed by atoms with E-state index < -0.39 is 22.3 Å². The van der Waals surface area contributed by atoms with Crippen molar-refractivity contribution in [2.75, 3.05) is 0 Å². The minimum atomic E-state index is -0.770. The monoisotopic (exact) mass is 342 g/mol. The maximum Gasteiger partial charge on any atom is 0.291 e. The smallest absolute Gasteiger partial charge is 0.267 e. The molecule has 1 aromatic carbocycles. The summed E-state index contributed by atoms with van der Waals surface area (Å²) in [7, 11) is 0. The fourth-order valence-electron chi connectivity index (χ4n) is 2.04. The number of rotatable bonds is 3. The third-order valence-corrected chi connectivity index (χ3v) is 3.30. The summed E-state index contributed by atoms with van der Waals surface area (Å²) in [6, 6.07) is 10.7. The Morgan fingerprint density at radius 2 is 1.80 bits per heavy atom. The van der Waals surface area contributed by atoms with Crippen LogP contribution in [0.15, 0.2) is 48.7 Å². The largest absolute Gasteiger partial charge is 0.291 e. The zero-order valence-corrected chi connectivity index (χ0v) is 14.1. The highest BCUT2D eigenvalue weighted by Gasteiger charge is 2.31. The summed E-state index contributed by atoms with van der Waals surface area (Å²) < 4.78 is 0. The van der Waals surface area contributed by atoms with Gasteiger partial charge in [-0.2, -0.15) is 0 Å². The van der Waals surface area contributed by atoms with Crippen molar-refractivity contribution in [3.63, 3.8) is 0 Å². The van der Waals surface area contributed by atoms with Crippen LogP contribution in [0.1, 0.15) is 41.6 Å². The van der Waals surface area contributed by atoms with E-state index in [2.05, 4.69) is 10.4 Å². The Balaban J connectivity index is 2.31. The molecule has 0 aliphatic rings. The quantitative estimate of drug-likeness (QED) is 0.682. The van der Waals surface area contributed by atoms with Crippen LogP contribution in [0.5, 0.6) is 0 Å². The molecule has 8 heteroatoms. The number of benzene rings is 1. The Bertz CT molecular complexity index is 800. The molecule has 0 aliphatic carbocycles. The van der Waals surface area contributed by atoms with Gasteiger partial charge >= 0.3 is 0 Å². The molecule has 1 heterocycles. The van der Waals surface area contributed by atoms with Crippen LogP contribution >= 0.6 is 0 Å². The fraction of sp³-hybridized carbons (Fsp3) is 0.235. The Hall–Kier alpha value is -3.29. The normalized spacial score (nSPS) is 10.8. The first-order chi connectivity index (χ1) is 11.7. The van der Waals surface area contributed by atoms with Crippen LogP contribution in [0, 0.1) is 10.1 Å². The van der Waals surface area contributed by atoms with E-state index in [1.54, 1.807) is 51.1 Å². The average Bonchev–Trinajstić information content (AvgIpc) is 2.58. The summed E-state index contributed by atoms with van der Waals surface area (Å²) in [5.41, 5.74) is 1.80. The van der Waals surface area contributed by atoms with Gasteiger partial charge in [-0.25, -0.2) is 5.01 Å². The molecule has 0 fully saturated rings. The Labute approximate surface area is 144 Å². The van der Waals surface area contributed by atoms with Gasteiger partial charge < -0.3 is 0 Å². The number of nitro groups is 1. The van der Waals surface area contributed by atoms with Crippen LogP contribution in [-0.2, 0) is 0 Å². The predicted molar refractivity (Wildman–Crippen MR) is 90.7 cm³/mol. The Kier molecular flexibility index (Phi) is 5.11. The molecule has 0 saturated heterocycles. The van der Waals surface area contributed by atoms with Gasteiger partial charge in [0.25, 0.3) is 17.5 Å². The minimum Gasteiger partial charge on any atom is -0.267 e. The van der Waals surface area contributed by atoms with E-state index in [0.717, 1.165) is 11.1 Å². The molecule has 0 spiro atoms. The van der Waals surface area contributed by atoms with Gasteiger partial charge in [0, 0.05) is 23.9 Å². The van der Waals surface area contributed by atoms with Crippen LogP contribution < -0.4 is 5.43 Å². The molecule has 1 N–H and O–H groups in total. The topological polar surface area (TPSA) is 105 Å². The number of aromatic nitrogens is 1. The third-order valence-electron chi connectivity index (χ3n) is 3.30. The highest BCUT2D eigenvalue weighted by atomic mass is 16.6. The molecule has 0 saturated carbocycles. The van der Waals surface area contributed by atoms with Crippen molar-refractivity contribution >= 4 is 17.5 Å². The lowest BCUT2D eigenvalue weighted by molar-refractivity contribution is -0.385. The Morgan fingerprint density at radius 3 is 2.36 bits per heavy atom.